The van der Waals surface area contributed by atoms with E-state index in [-0.39, 0.29) is 11.9 Å². The zero-order valence-corrected chi connectivity index (χ0v) is 18.5. The highest BCUT2D eigenvalue weighted by molar-refractivity contribution is 6.04. The van der Waals surface area contributed by atoms with Crippen LogP contribution in [0.5, 0.6) is 0 Å². The number of carbonyl (C=O) groups is 1. The van der Waals surface area contributed by atoms with E-state index < -0.39 is 11.7 Å². The second kappa shape index (κ2) is 9.62. The minimum absolute atomic E-state index is 0.127. The summed E-state index contributed by atoms with van der Waals surface area (Å²) in [5, 5.41) is 13.1. The van der Waals surface area contributed by atoms with Gasteiger partial charge in [-0.05, 0) is 42.7 Å². The van der Waals surface area contributed by atoms with E-state index in [1.807, 2.05) is 12.3 Å². The van der Waals surface area contributed by atoms with Crippen LogP contribution < -0.4 is 5.32 Å². The Bertz CT molecular complexity index is 1320. The van der Waals surface area contributed by atoms with Gasteiger partial charge in [0.25, 0.3) is 5.91 Å². The largest absolute Gasteiger partial charge is 0.393 e. The molecule has 0 unspecified atom stereocenters. The first kappa shape index (κ1) is 22.1. The third kappa shape index (κ3) is 4.78. The Hall–Kier alpha value is -3.75. The molecule has 3 aromatic heterocycles. The van der Waals surface area contributed by atoms with Gasteiger partial charge in [0.2, 0.25) is 0 Å². The van der Waals surface area contributed by atoms with Gasteiger partial charge in [-0.1, -0.05) is 18.2 Å². The highest BCUT2D eigenvalue weighted by atomic mass is 19.1. The van der Waals surface area contributed by atoms with Crippen LogP contribution in [0.1, 0.15) is 28.8 Å². The summed E-state index contributed by atoms with van der Waals surface area (Å²) >= 11 is 0. The lowest BCUT2D eigenvalue weighted by molar-refractivity contribution is 0.0792. The van der Waals surface area contributed by atoms with E-state index in [0.717, 1.165) is 43.6 Å². The molecule has 4 aromatic rings. The number of rotatable bonds is 5. The minimum Gasteiger partial charge on any atom is -0.393 e. The van der Waals surface area contributed by atoms with Gasteiger partial charge >= 0.3 is 0 Å². The lowest BCUT2D eigenvalue weighted by Crippen LogP contribution is -2.35. The number of benzene rings is 1. The molecule has 7 nitrogen and oxygen atoms in total. The Morgan fingerprint density at radius 2 is 1.82 bits per heavy atom. The van der Waals surface area contributed by atoms with Crippen molar-refractivity contribution in [2.24, 2.45) is 0 Å². The number of nitrogens with zero attached hydrogens (tertiary/aromatic N) is 4. The van der Waals surface area contributed by atoms with Gasteiger partial charge in [-0.2, -0.15) is 0 Å². The van der Waals surface area contributed by atoms with Gasteiger partial charge in [0.1, 0.15) is 0 Å². The number of anilines is 1. The highest BCUT2D eigenvalue weighted by Gasteiger charge is 2.18. The Morgan fingerprint density at radius 1 is 1.06 bits per heavy atom. The average Bonchev–Trinajstić information content (AvgIpc) is 2.88. The molecule has 1 aromatic carbocycles. The number of aliphatic hydroxyl groups excluding tert-OH is 1. The van der Waals surface area contributed by atoms with E-state index >= 15 is 4.39 Å². The van der Waals surface area contributed by atoms with Crippen molar-refractivity contribution >= 4 is 22.5 Å². The lowest BCUT2D eigenvalue weighted by Gasteiger charge is -2.29. The van der Waals surface area contributed by atoms with Crippen LogP contribution in [0.4, 0.5) is 10.2 Å². The monoisotopic (exact) mass is 457 g/mol. The Balaban J connectivity index is 1.40. The van der Waals surface area contributed by atoms with Crippen LogP contribution in [0.15, 0.2) is 67.3 Å². The predicted molar refractivity (Wildman–Crippen MR) is 128 cm³/mol. The zero-order chi connectivity index (χ0) is 23.5. The highest BCUT2D eigenvalue weighted by Crippen LogP contribution is 2.27. The molecule has 1 aliphatic rings. The molecule has 2 N–H and O–H groups in total. The molecule has 1 fully saturated rings. The number of carbonyl (C=O) groups excluding carboxylic acids is 1. The molecular weight excluding hydrogens is 433 g/mol. The molecule has 172 valence electrons. The van der Waals surface area contributed by atoms with E-state index in [9.17, 15) is 9.90 Å². The molecule has 5 rings (SSSR count). The van der Waals surface area contributed by atoms with Gasteiger partial charge in [0.05, 0.1) is 11.8 Å². The SMILES string of the molecule is O=C(Nc1ncc2cnc(-c3cncc(CN4CCC(O)CC4)c3)cc2c1F)c1ccccc1. The van der Waals surface area contributed by atoms with Crippen molar-refractivity contribution in [2.45, 2.75) is 25.5 Å². The van der Waals surface area contributed by atoms with Crippen LogP contribution in [0.25, 0.3) is 22.0 Å². The number of hydrogen-bond donors (Lipinski definition) is 2. The van der Waals surface area contributed by atoms with E-state index in [0.29, 0.717) is 22.0 Å². The van der Waals surface area contributed by atoms with Crippen LogP contribution in [0.2, 0.25) is 0 Å². The number of pyridine rings is 3. The van der Waals surface area contributed by atoms with Gasteiger partial charge in [0.15, 0.2) is 11.6 Å². The van der Waals surface area contributed by atoms with Gasteiger partial charge in [0, 0.05) is 66.3 Å². The van der Waals surface area contributed by atoms with Crippen molar-refractivity contribution < 1.29 is 14.3 Å². The predicted octanol–water partition coefficient (Wildman–Crippen LogP) is 4.04. The fourth-order valence-electron chi connectivity index (χ4n) is 4.14. The summed E-state index contributed by atoms with van der Waals surface area (Å²) in [7, 11) is 0. The van der Waals surface area contributed by atoms with Crippen LogP contribution >= 0.6 is 0 Å². The quantitative estimate of drug-likeness (QED) is 0.470. The van der Waals surface area contributed by atoms with Crippen molar-refractivity contribution in [3.63, 3.8) is 0 Å². The molecule has 34 heavy (non-hydrogen) atoms. The van der Waals surface area contributed by atoms with Crippen LogP contribution in [-0.2, 0) is 6.54 Å². The number of aliphatic hydroxyl groups is 1. The maximum Gasteiger partial charge on any atom is 0.256 e. The molecule has 8 heteroatoms. The summed E-state index contributed by atoms with van der Waals surface area (Å²) in [5.41, 5.74) is 2.82. The van der Waals surface area contributed by atoms with E-state index in [2.05, 4.69) is 25.2 Å². The van der Waals surface area contributed by atoms with Gasteiger partial charge in [-0.3, -0.25) is 19.7 Å². The third-order valence-corrected chi connectivity index (χ3v) is 6.03. The number of likely N-dealkylation sites (tertiary alicyclic amines) is 1. The number of piperidine rings is 1. The first-order valence-electron chi connectivity index (χ1n) is 11.2. The molecule has 0 atom stereocenters. The number of halogens is 1. The molecule has 0 bridgehead atoms. The van der Waals surface area contributed by atoms with Crippen LogP contribution in [0.3, 0.4) is 0 Å². The van der Waals surface area contributed by atoms with Crippen molar-refractivity contribution in [3.05, 3.63) is 84.2 Å². The van der Waals surface area contributed by atoms with Crippen molar-refractivity contribution in [2.75, 3.05) is 18.4 Å². The maximum absolute atomic E-state index is 15.3. The standard InChI is InChI=1S/C26H24FN5O2/c27-24-22-11-23(19-10-17(12-28-13-19)16-32-8-6-21(33)7-9-32)29-14-20(22)15-30-25(24)31-26(34)18-4-2-1-3-5-18/h1-5,10-15,21,33H,6-9,16H2,(H,30,31,34). The zero-order valence-electron chi connectivity index (χ0n) is 18.5. The lowest BCUT2D eigenvalue weighted by atomic mass is 10.1. The van der Waals surface area contributed by atoms with Gasteiger partial charge in [-0.25, -0.2) is 9.37 Å². The summed E-state index contributed by atoms with van der Waals surface area (Å²) < 4.78 is 15.3. The minimum atomic E-state index is -0.610. The van der Waals surface area contributed by atoms with E-state index in [1.165, 1.54) is 6.20 Å². The molecular formula is C26H24FN5O2. The van der Waals surface area contributed by atoms with Crippen LogP contribution in [-0.4, -0.2) is 50.1 Å². The van der Waals surface area contributed by atoms with Crippen molar-refractivity contribution in [1.29, 1.82) is 0 Å². The van der Waals surface area contributed by atoms with E-state index in [4.69, 9.17) is 0 Å². The number of hydrogen-bond acceptors (Lipinski definition) is 6. The van der Waals surface area contributed by atoms with Crippen molar-refractivity contribution in [1.82, 2.24) is 19.9 Å². The topological polar surface area (TPSA) is 91.2 Å². The molecule has 1 aliphatic heterocycles. The number of fused-ring (bicyclic) bond motifs is 1. The van der Waals surface area contributed by atoms with Gasteiger partial charge < -0.3 is 10.4 Å². The molecule has 0 radical (unpaired) electrons. The molecule has 1 amide bonds. The first-order valence-corrected chi connectivity index (χ1v) is 11.2. The third-order valence-electron chi connectivity index (χ3n) is 6.03. The van der Waals surface area contributed by atoms with Crippen molar-refractivity contribution in [3.8, 4) is 11.3 Å². The summed E-state index contributed by atoms with van der Waals surface area (Å²) in [4.78, 5) is 27.6. The maximum atomic E-state index is 15.3. The molecule has 1 saturated heterocycles. The molecule has 0 saturated carbocycles. The molecule has 0 aliphatic carbocycles. The summed E-state index contributed by atoms with van der Waals surface area (Å²) in [6, 6.07) is 12.3. The first-order chi connectivity index (χ1) is 16.6. The number of nitrogens with one attached hydrogen (secondary N) is 1. The fourth-order valence-corrected chi connectivity index (χ4v) is 4.14. The smallest absolute Gasteiger partial charge is 0.256 e. The van der Waals surface area contributed by atoms with Crippen LogP contribution in [0, 0.1) is 5.82 Å². The van der Waals surface area contributed by atoms with Gasteiger partial charge in [-0.15, -0.1) is 0 Å². The summed E-state index contributed by atoms with van der Waals surface area (Å²) in [6.07, 6.45) is 7.92. The normalized spacial score (nSPS) is 14.9. The Morgan fingerprint density at radius 3 is 2.62 bits per heavy atom. The molecule has 0 spiro atoms. The second-order valence-corrected chi connectivity index (χ2v) is 8.49. The Kier molecular flexibility index (Phi) is 6.24. The van der Waals surface area contributed by atoms with E-state index in [1.54, 1.807) is 48.8 Å². The summed E-state index contributed by atoms with van der Waals surface area (Å²) in [6.45, 7) is 2.42. The summed E-state index contributed by atoms with van der Waals surface area (Å²) in [5.74, 6) is -1.16. The fraction of sp³-hybridized carbons (Fsp3) is 0.231. The Labute approximate surface area is 196 Å². The number of amides is 1. The average molecular weight is 458 g/mol. The molecule has 4 heterocycles. The second-order valence-electron chi connectivity index (χ2n) is 8.49. The number of aromatic nitrogens is 3.